The molecule has 39 heavy (non-hydrogen) atoms. The smallest absolute Gasteiger partial charge is 0.408 e. The lowest BCUT2D eigenvalue weighted by Crippen LogP contribution is -2.48. The second kappa shape index (κ2) is 15.4. The Balaban J connectivity index is 3.38. The van der Waals surface area contributed by atoms with E-state index >= 15 is 0 Å². The van der Waals surface area contributed by atoms with Crippen LogP contribution in [0.3, 0.4) is 0 Å². The van der Waals surface area contributed by atoms with Crippen molar-refractivity contribution in [3.63, 3.8) is 0 Å². The van der Waals surface area contributed by atoms with Gasteiger partial charge >= 0.3 is 12.1 Å². The Hall–Kier alpha value is -3.21. The highest BCUT2D eigenvalue weighted by atomic mass is 32.2. The van der Waals surface area contributed by atoms with Gasteiger partial charge < -0.3 is 20.1 Å². The van der Waals surface area contributed by atoms with Gasteiger partial charge in [0.05, 0.1) is 9.73 Å². The van der Waals surface area contributed by atoms with Crippen LogP contribution >= 0.6 is 0 Å². The third kappa shape index (κ3) is 12.0. The molecule has 0 radical (unpaired) electrons. The van der Waals surface area contributed by atoms with Crippen molar-refractivity contribution in [3.8, 4) is 0 Å². The molecule has 0 heterocycles. The SMILES string of the molecule is C=CCOC(=O)[C@@H](NC(=O)CS(=O)(=NC(=O)[C@H](CC(C)C)NC(=O)OC(C)(C)C)c1ccccc1)[C@@H](C)CC. The molecule has 0 aliphatic carbocycles. The largest absolute Gasteiger partial charge is 0.460 e. The highest BCUT2D eigenvalue weighted by molar-refractivity contribution is 7.94. The van der Waals surface area contributed by atoms with Crippen LogP contribution in [-0.4, -0.2) is 58.1 Å². The summed E-state index contributed by atoms with van der Waals surface area (Å²) in [4.78, 5) is 51.6. The number of hydrogen-bond donors (Lipinski definition) is 2. The maximum absolute atomic E-state index is 14.2. The Bertz CT molecular complexity index is 1120. The molecule has 11 heteroatoms. The zero-order valence-corrected chi connectivity index (χ0v) is 24.8. The molecule has 1 aromatic carbocycles. The van der Waals surface area contributed by atoms with E-state index in [0.29, 0.717) is 6.42 Å². The number of rotatable bonds is 13. The van der Waals surface area contributed by atoms with Crippen molar-refractivity contribution in [2.24, 2.45) is 16.2 Å². The van der Waals surface area contributed by atoms with Gasteiger partial charge in [0, 0.05) is 4.90 Å². The van der Waals surface area contributed by atoms with Gasteiger partial charge in [0.1, 0.15) is 30.0 Å². The molecule has 0 saturated carbocycles. The van der Waals surface area contributed by atoms with Crippen LogP contribution in [0.25, 0.3) is 0 Å². The first-order chi connectivity index (χ1) is 18.1. The first kappa shape index (κ1) is 33.8. The van der Waals surface area contributed by atoms with Crippen molar-refractivity contribution in [3.05, 3.63) is 43.0 Å². The normalized spacial score (nSPS) is 15.2. The minimum absolute atomic E-state index is 0.0157. The van der Waals surface area contributed by atoms with Gasteiger partial charge in [0.2, 0.25) is 5.91 Å². The summed E-state index contributed by atoms with van der Waals surface area (Å²) in [6, 6.07) is 5.85. The van der Waals surface area contributed by atoms with Gasteiger partial charge in [0.25, 0.3) is 5.91 Å². The van der Waals surface area contributed by atoms with Crippen LogP contribution in [-0.2, 0) is 33.6 Å². The van der Waals surface area contributed by atoms with E-state index in [1.807, 2.05) is 20.8 Å². The third-order valence-corrected chi connectivity index (χ3v) is 7.64. The van der Waals surface area contributed by atoms with E-state index in [1.54, 1.807) is 45.9 Å². The molecule has 0 aromatic heterocycles. The van der Waals surface area contributed by atoms with Crippen LogP contribution < -0.4 is 10.6 Å². The first-order valence-electron chi connectivity index (χ1n) is 13.0. The van der Waals surface area contributed by atoms with Crippen LogP contribution in [0.2, 0.25) is 0 Å². The van der Waals surface area contributed by atoms with Gasteiger partial charge in [-0.2, -0.15) is 4.36 Å². The molecular formula is C28H43N3O7S. The Kier molecular flexibility index (Phi) is 13.4. The Morgan fingerprint density at radius 3 is 2.21 bits per heavy atom. The number of benzene rings is 1. The zero-order valence-electron chi connectivity index (χ0n) is 24.0. The van der Waals surface area contributed by atoms with Gasteiger partial charge in [-0.1, -0.05) is 65.0 Å². The maximum Gasteiger partial charge on any atom is 0.408 e. The molecule has 1 rings (SSSR count). The zero-order chi connectivity index (χ0) is 29.8. The molecule has 0 bridgehead atoms. The summed E-state index contributed by atoms with van der Waals surface area (Å²) < 4.78 is 28.6. The topological polar surface area (TPSA) is 140 Å². The van der Waals surface area contributed by atoms with E-state index in [1.165, 1.54) is 18.2 Å². The van der Waals surface area contributed by atoms with E-state index in [-0.39, 0.29) is 29.8 Å². The van der Waals surface area contributed by atoms with E-state index in [9.17, 15) is 23.4 Å². The second-order valence-corrected chi connectivity index (χ2v) is 12.9. The van der Waals surface area contributed by atoms with Gasteiger partial charge in [-0.15, -0.1) is 0 Å². The number of hydrogen-bond acceptors (Lipinski definition) is 7. The lowest BCUT2D eigenvalue weighted by atomic mass is 9.99. The lowest BCUT2D eigenvalue weighted by molar-refractivity contribution is -0.148. The molecule has 2 N–H and O–H groups in total. The number of nitrogens with one attached hydrogen (secondary N) is 2. The predicted octanol–water partition coefficient (Wildman–Crippen LogP) is 4.24. The van der Waals surface area contributed by atoms with Crippen molar-refractivity contribution in [2.45, 2.75) is 83.9 Å². The average Bonchev–Trinajstić information content (AvgIpc) is 2.83. The van der Waals surface area contributed by atoms with Crippen LogP contribution in [0.1, 0.15) is 61.3 Å². The van der Waals surface area contributed by atoms with Gasteiger partial charge in [0.15, 0.2) is 0 Å². The van der Waals surface area contributed by atoms with Crippen molar-refractivity contribution in [2.75, 3.05) is 12.4 Å². The highest BCUT2D eigenvalue weighted by Crippen LogP contribution is 2.18. The molecule has 0 aliphatic rings. The lowest BCUT2D eigenvalue weighted by Gasteiger charge is -2.24. The molecule has 0 aliphatic heterocycles. The molecule has 0 saturated heterocycles. The molecule has 0 spiro atoms. The summed E-state index contributed by atoms with van der Waals surface area (Å²) in [5.41, 5.74) is -0.790. The molecular weight excluding hydrogens is 522 g/mol. The van der Waals surface area contributed by atoms with Gasteiger partial charge in [-0.3, -0.25) is 9.59 Å². The first-order valence-corrected chi connectivity index (χ1v) is 14.7. The quantitative estimate of drug-likeness (QED) is 0.269. The fourth-order valence-corrected chi connectivity index (χ4v) is 5.22. The summed E-state index contributed by atoms with van der Waals surface area (Å²) in [6.07, 6.45) is 1.38. The molecule has 1 aromatic rings. The van der Waals surface area contributed by atoms with Crippen LogP contribution in [0.5, 0.6) is 0 Å². The van der Waals surface area contributed by atoms with Crippen molar-refractivity contribution < 1.29 is 32.9 Å². The Labute approximate surface area is 232 Å². The number of ether oxygens (including phenoxy) is 2. The number of amides is 3. The average molecular weight is 566 g/mol. The molecule has 0 fully saturated rings. The minimum Gasteiger partial charge on any atom is -0.460 e. The number of nitrogens with zero attached hydrogens (tertiary/aromatic N) is 1. The second-order valence-electron chi connectivity index (χ2n) is 10.7. The number of alkyl carbamates (subject to hydrolysis) is 1. The Morgan fingerprint density at radius 1 is 1.08 bits per heavy atom. The van der Waals surface area contributed by atoms with Crippen LogP contribution in [0.15, 0.2) is 52.2 Å². The summed E-state index contributed by atoms with van der Waals surface area (Å²) in [6.45, 7) is 15.9. The van der Waals surface area contributed by atoms with Crippen molar-refractivity contribution in [1.82, 2.24) is 10.6 Å². The molecule has 10 nitrogen and oxygen atoms in total. The van der Waals surface area contributed by atoms with Gasteiger partial charge in [-0.05, 0) is 51.2 Å². The summed E-state index contributed by atoms with van der Waals surface area (Å²) in [5, 5.41) is 5.13. The predicted molar refractivity (Wildman–Crippen MR) is 150 cm³/mol. The van der Waals surface area contributed by atoms with E-state index in [2.05, 4.69) is 21.6 Å². The number of carbonyl (C=O) groups is 4. The fraction of sp³-hybridized carbons (Fsp3) is 0.571. The summed E-state index contributed by atoms with van der Waals surface area (Å²) >= 11 is 0. The monoisotopic (exact) mass is 565 g/mol. The molecule has 4 atom stereocenters. The minimum atomic E-state index is -3.64. The highest BCUT2D eigenvalue weighted by Gasteiger charge is 2.31. The molecule has 218 valence electrons. The van der Waals surface area contributed by atoms with Crippen molar-refractivity contribution in [1.29, 1.82) is 0 Å². The van der Waals surface area contributed by atoms with Crippen LogP contribution in [0, 0.1) is 11.8 Å². The Morgan fingerprint density at radius 2 is 1.69 bits per heavy atom. The standard InChI is InChI=1S/C28H43N3O7S/c1-9-16-37-26(34)24(20(5)10-2)30-23(32)18-39(36,21-14-12-11-13-15-21)31-25(33)22(17-19(3)4)29-27(35)38-28(6,7)8/h9,11-15,19-20,22,24H,1,10,16-18H2,2-8H3,(H,29,35)(H,30,32)/t20-,22-,24-,39?/m0/s1. The van der Waals surface area contributed by atoms with E-state index < -0.39 is 57.0 Å². The maximum atomic E-state index is 14.2. The van der Waals surface area contributed by atoms with Crippen molar-refractivity contribution >= 4 is 33.6 Å². The van der Waals surface area contributed by atoms with E-state index in [0.717, 1.165) is 0 Å². The summed E-state index contributed by atoms with van der Waals surface area (Å²) in [7, 11) is -3.64. The molecule has 3 amide bonds. The summed E-state index contributed by atoms with van der Waals surface area (Å²) in [5.74, 6) is -3.19. The van der Waals surface area contributed by atoms with Gasteiger partial charge in [-0.25, -0.2) is 13.8 Å². The fourth-order valence-electron chi connectivity index (χ4n) is 3.45. The van der Waals surface area contributed by atoms with Crippen LogP contribution in [0.4, 0.5) is 4.79 Å². The third-order valence-electron chi connectivity index (χ3n) is 5.50. The number of carbonyl (C=O) groups excluding carboxylic acids is 4. The number of esters is 1. The van der Waals surface area contributed by atoms with E-state index in [4.69, 9.17) is 9.47 Å². The molecule has 1 unspecified atom stereocenters.